The van der Waals surface area contributed by atoms with Crippen LogP contribution in [-0.2, 0) is 11.3 Å². The number of pyridine rings is 1. The van der Waals surface area contributed by atoms with Crippen molar-refractivity contribution in [3.05, 3.63) is 78.5 Å². The summed E-state index contributed by atoms with van der Waals surface area (Å²) < 4.78 is 27.2. The number of hydrogen-bond donors (Lipinski definition) is 1. The minimum atomic E-state index is -0.550. The lowest BCUT2D eigenvalue weighted by Gasteiger charge is -2.13. The molecule has 34 heavy (non-hydrogen) atoms. The van der Waals surface area contributed by atoms with Gasteiger partial charge in [-0.15, -0.1) is 0 Å². The fourth-order valence-electron chi connectivity index (χ4n) is 3.29. The van der Waals surface area contributed by atoms with Gasteiger partial charge in [0.15, 0.2) is 11.5 Å². The van der Waals surface area contributed by atoms with Crippen LogP contribution in [0.5, 0.6) is 28.7 Å². The topological polar surface area (TPSA) is 88.1 Å². The molecule has 1 aromatic heterocycles. The summed E-state index contributed by atoms with van der Waals surface area (Å²) >= 11 is 0. The zero-order chi connectivity index (χ0) is 23.9. The van der Waals surface area contributed by atoms with Crippen molar-refractivity contribution < 1.29 is 28.5 Å². The third kappa shape index (κ3) is 5.29. The van der Waals surface area contributed by atoms with Gasteiger partial charge in [0.25, 0.3) is 0 Å². The Hall–Kier alpha value is -4.46. The molecule has 0 fully saturated rings. The molecular formula is C26H24N2O6. The molecule has 0 unspecified atom stereocenters. The van der Waals surface area contributed by atoms with Crippen molar-refractivity contribution in [2.45, 2.75) is 6.61 Å². The number of anilines is 1. The maximum Gasteiger partial charge on any atom is 0.411 e. The Morgan fingerprint density at radius 2 is 1.47 bits per heavy atom. The van der Waals surface area contributed by atoms with Crippen LogP contribution in [0, 0.1) is 0 Å². The van der Waals surface area contributed by atoms with E-state index in [1.165, 1.54) is 0 Å². The Morgan fingerprint density at radius 1 is 0.794 bits per heavy atom. The SMILES string of the molecule is COc1ccc(COC(=O)Nc2ccc(Oc3ccnc4cc(OC)c(OC)cc34)cc2)cc1. The molecule has 1 amide bonds. The largest absolute Gasteiger partial charge is 0.497 e. The normalized spacial score (nSPS) is 10.4. The summed E-state index contributed by atoms with van der Waals surface area (Å²) in [5, 5.41) is 3.48. The van der Waals surface area contributed by atoms with Gasteiger partial charge in [-0.3, -0.25) is 10.3 Å². The smallest absolute Gasteiger partial charge is 0.411 e. The number of methoxy groups -OCH3 is 3. The number of amides is 1. The van der Waals surface area contributed by atoms with E-state index in [1.54, 1.807) is 63.9 Å². The predicted molar refractivity (Wildman–Crippen MR) is 128 cm³/mol. The molecule has 0 aliphatic heterocycles. The van der Waals surface area contributed by atoms with Crippen molar-refractivity contribution in [1.82, 2.24) is 4.98 Å². The fourth-order valence-corrected chi connectivity index (χ4v) is 3.29. The lowest BCUT2D eigenvalue weighted by molar-refractivity contribution is 0.155. The molecule has 0 radical (unpaired) electrons. The summed E-state index contributed by atoms with van der Waals surface area (Å²) in [5.74, 6) is 3.13. The third-order valence-electron chi connectivity index (χ3n) is 5.06. The van der Waals surface area contributed by atoms with Gasteiger partial charge in [-0.1, -0.05) is 12.1 Å². The first kappa shape index (κ1) is 22.7. The zero-order valence-electron chi connectivity index (χ0n) is 19.0. The van der Waals surface area contributed by atoms with Gasteiger partial charge in [-0.2, -0.15) is 0 Å². The lowest BCUT2D eigenvalue weighted by Crippen LogP contribution is -2.13. The van der Waals surface area contributed by atoms with Crippen LogP contribution < -0.4 is 24.3 Å². The van der Waals surface area contributed by atoms with Crippen molar-refractivity contribution in [2.24, 2.45) is 0 Å². The van der Waals surface area contributed by atoms with Crippen LogP contribution >= 0.6 is 0 Å². The van der Waals surface area contributed by atoms with E-state index in [9.17, 15) is 4.79 Å². The van der Waals surface area contributed by atoms with E-state index < -0.39 is 6.09 Å². The van der Waals surface area contributed by atoms with E-state index in [2.05, 4.69) is 10.3 Å². The maximum absolute atomic E-state index is 12.1. The number of benzene rings is 3. The molecule has 1 heterocycles. The van der Waals surface area contributed by atoms with Crippen molar-refractivity contribution >= 4 is 22.7 Å². The van der Waals surface area contributed by atoms with Crippen LogP contribution in [0.4, 0.5) is 10.5 Å². The average molecular weight is 460 g/mol. The predicted octanol–water partition coefficient (Wildman–Crippen LogP) is 5.80. The Bertz CT molecular complexity index is 1270. The number of nitrogens with zero attached hydrogens (tertiary/aromatic N) is 1. The maximum atomic E-state index is 12.1. The van der Waals surface area contributed by atoms with Gasteiger partial charge in [-0.05, 0) is 54.1 Å². The molecule has 174 valence electrons. The number of hydrogen-bond acceptors (Lipinski definition) is 7. The summed E-state index contributed by atoms with van der Waals surface area (Å²) in [7, 11) is 4.76. The minimum Gasteiger partial charge on any atom is -0.497 e. The third-order valence-corrected chi connectivity index (χ3v) is 5.06. The molecule has 0 atom stereocenters. The second-order valence-corrected chi connectivity index (χ2v) is 7.21. The van der Waals surface area contributed by atoms with Crippen molar-refractivity contribution in [3.63, 3.8) is 0 Å². The summed E-state index contributed by atoms with van der Waals surface area (Å²) in [6, 6.07) is 19.7. The first-order chi connectivity index (χ1) is 16.6. The quantitative estimate of drug-likeness (QED) is 0.355. The second-order valence-electron chi connectivity index (χ2n) is 7.21. The standard InChI is InChI=1S/C26H24N2O6/c1-30-19-8-4-17(5-9-19)16-33-26(29)28-18-6-10-20(11-7-18)34-23-12-13-27-22-15-25(32-3)24(31-2)14-21(22)23/h4-15H,16H2,1-3H3,(H,28,29). The lowest BCUT2D eigenvalue weighted by atomic mass is 10.2. The highest BCUT2D eigenvalue weighted by Gasteiger charge is 2.12. The molecule has 0 spiro atoms. The Balaban J connectivity index is 1.39. The monoisotopic (exact) mass is 460 g/mol. The molecule has 0 saturated carbocycles. The highest BCUT2D eigenvalue weighted by Crippen LogP contribution is 2.37. The number of carbonyl (C=O) groups is 1. The van der Waals surface area contributed by atoms with Crippen molar-refractivity contribution in [2.75, 3.05) is 26.6 Å². The van der Waals surface area contributed by atoms with Gasteiger partial charge in [0.05, 0.1) is 26.8 Å². The number of ether oxygens (including phenoxy) is 5. The first-order valence-electron chi connectivity index (χ1n) is 10.4. The molecule has 4 rings (SSSR count). The molecule has 3 aromatic carbocycles. The molecule has 4 aromatic rings. The molecule has 0 aliphatic carbocycles. The summed E-state index contributed by atoms with van der Waals surface area (Å²) in [6.07, 6.45) is 1.11. The van der Waals surface area contributed by atoms with Crippen LogP contribution in [0.25, 0.3) is 10.9 Å². The summed E-state index contributed by atoms with van der Waals surface area (Å²) in [6.45, 7) is 0.153. The fraction of sp³-hybridized carbons (Fsp3) is 0.154. The van der Waals surface area contributed by atoms with Crippen LogP contribution in [0.1, 0.15) is 5.56 Å². The van der Waals surface area contributed by atoms with E-state index in [4.69, 9.17) is 23.7 Å². The number of nitrogens with one attached hydrogen (secondary N) is 1. The van der Waals surface area contributed by atoms with E-state index >= 15 is 0 Å². The number of fused-ring (bicyclic) bond motifs is 1. The molecule has 0 saturated heterocycles. The van der Waals surface area contributed by atoms with Gasteiger partial charge in [0.1, 0.15) is 23.9 Å². The Labute approximate surface area is 197 Å². The molecule has 8 nitrogen and oxygen atoms in total. The van der Waals surface area contributed by atoms with Crippen LogP contribution in [0.2, 0.25) is 0 Å². The van der Waals surface area contributed by atoms with E-state index in [-0.39, 0.29) is 6.61 Å². The molecular weight excluding hydrogens is 436 g/mol. The van der Waals surface area contributed by atoms with Crippen molar-refractivity contribution in [1.29, 1.82) is 0 Å². The van der Waals surface area contributed by atoms with E-state index in [0.717, 1.165) is 16.7 Å². The number of carbonyl (C=O) groups excluding carboxylic acids is 1. The first-order valence-corrected chi connectivity index (χ1v) is 10.4. The highest BCUT2D eigenvalue weighted by atomic mass is 16.5. The number of rotatable bonds is 8. The van der Waals surface area contributed by atoms with Crippen LogP contribution in [0.3, 0.4) is 0 Å². The highest BCUT2D eigenvalue weighted by molar-refractivity contribution is 5.88. The molecule has 8 heteroatoms. The zero-order valence-corrected chi connectivity index (χ0v) is 19.0. The number of aromatic nitrogens is 1. The van der Waals surface area contributed by atoms with Gasteiger partial charge in [0, 0.05) is 23.3 Å². The van der Waals surface area contributed by atoms with E-state index in [1.807, 2.05) is 30.3 Å². The average Bonchev–Trinajstić information content (AvgIpc) is 2.88. The van der Waals surface area contributed by atoms with E-state index in [0.29, 0.717) is 34.2 Å². The summed E-state index contributed by atoms with van der Waals surface area (Å²) in [5.41, 5.74) is 2.16. The van der Waals surface area contributed by atoms with Gasteiger partial charge < -0.3 is 23.7 Å². The van der Waals surface area contributed by atoms with Gasteiger partial charge in [0.2, 0.25) is 0 Å². The Kier molecular flexibility index (Phi) is 6.98. The Morgan fingerprint density at radius 3 is 2.15 bits per heavy atom. The van der Waals surface area contributed by atoms with Gasteiger partial charge >= 0.3 is 6.09 Å². The minimum absolute atomic E-state index is 0.153. The van der Waals surface area contributed by atoms with Crippen molar-refractivity contribution in [3.8, 4) is 28.7 Å². The van der Waals surface area contributed by atoms with Crippen LogP contribution in [0.15, 0.2) is 72.9 Å². The molecule has 0 bridgehead atoms. The van der Waals surface area contributed by atoms with Gasteiger partial charge in [-0.25, -0.2) is 4.79 Å². The second kappa shape index (κ2) is 10.4. The molecule has 0 aliphatic rings. The van der Waals surface area contributed by atoms with Crippen LogP contribution in [-0.4, -0.2) is 32.4 Å². The summed E-state index contributed by atoms with van der Waals surface area (Å²) in [4.78, 5) is 16.5. The molecule has 1 N–H and O–H groups in total.